The van der Waals surface area contributed by atoms with Gasteiger partial charge in [0.15, 0.2) is 14.6 Å². The van der Waals surface area contributed by atoms with Crippen LogP contribution in [0.1, 0.15) is 19.4 Å². The molecule has 2 aromatic carbocycles. The van der Waals surface area contributed by atoms with Crippen LogP contribution in [0.3, 0.4) is 0 Å². The Balaban J connectivity index is 1.88. The van der Waals surface area contributed by atoms with Crippen molar-refractivity contribution in [2.75, 3.05) is 13.7 Å². The van der Waals surface area contributed by atoms with Crippen molar-refractivity contribution in [3.8, 4) is 0 Å². The van der Waals surface area contributed by atoms with E-state index >= 15 is 0 Å². The van der Waals surface area contributed by atoms with Crippen molar-refractivity contribution < 1.29 is 22.3 Å². The van der Waals surface area contributed by atoms with Gasteiger partial charge in [-0.3, -0.25) is 4.79 Å². The van der Waals surface area contributed by atoms with Gasteiger partial charge in [-0.25, -0.2) is 12.8 Å². The zero-order valence-electron chi connectivity index (χ0n) is 17.0. The van der Waals surface area contributed by atoms with Crippen molar-refractivity contribution in [3.05, 3.63) is 58.6 Å². The number of fused-ring (bicyclic) bond motifs is 1. The lowest BCUT2D eigenvalue weighted by molar-refractivity contribution is -0.117. The number of aromatic nitrogens is 1. The lowest BCUT2D eigenvalue weighted by Gasteiger charge is -2.08. The summed E-state index contributed by atoms with van der Waals surface area (Å²) < 4.78 is 45.7. The van der Waals surface area contributed by atoms with Gasteiger partial charge in [-0.15, -0.1) is 0 Å². The fraction of sp³-hybridized carbons (Fsp3) is 0.333. The Morgan fingerprint density at radius 2 is 1.90 bits per heavy atom. The third kappa shape index (κ3) is 4.85. The van der Waals surface area contributed by atoms with E-state index < -0.39 is 15.1 Å². The SMILES string of the molecule is COCCn1c(=NC(=O)Cc2ccc(S(=O)(=O)C(C)C)cc2)sc2cc(F)ccc21. The number of hydrogen-bond acceptors (Lipinski definition) is 5. The first kappa shape index (κ1) is 22.3. The summed E-state index contributed by atoms with van der Waals surface area (Å²) in [6.45, 7) is 4.16. The van der Waals surface area contributed by atoms with Gasteiger partial charge < -0.3 is 9.30 Å². The third-order valence-corrected chi connectivity index (χ3v) is 7.82. The number of rotatable bonds is 7. The van der Waals surface area contributed by atoms with Gasteiger partial charge in [0, 0.05) is 13.7 Å². The van der Waals surface area contributed by atoms with Crippen molar-refractivity contribution >= 4 is 37.3 Å². The second kappa shape index (κ2) is 9.20. The number of sulfone groups is 1. The molecule has 0 aliphatic carbocycles. The van der Waals surface area contributed by atoms with Crippen LogP contribution in [0.4, 0.5) is 4.39 Å². The van der Waals surface area contributed by atoms with Gasteiger partial charge in [-0.1, -0.05) is 23.5 Å². The van der Waals surface area contributed by atoms with Gasteiger partial charge in [0.1, 0.15) is 5.82 Å². The van der Waals surface area contributed by atoms with Crippen LogP contribution in [0.5, 0.6) is 0 Å². The van der Waals surface area contributed by atoms with Gasteiger partial charge in [0.2, 0.25) is 0 Å². The van der Waals surface area contributed by atoms with E-state index in [0.29, 0.717) is 28.2 Å². The molecule has 0 saturated heterocycles. The Morgan fingerprint density at radius 3 is 2.53 bits per heavy atom. The zero-order chi connectivity index (χ0) is 21.9. The summed E-state index contributed by atoms with van der Waals surface area (Å²) in [5.74, 6) is -0.718. The van der Waals surface area contributed by atoms with Crippen LogP contribution < -0.4 is 4.80 Å². The molecule has 0 fully saturated rings. The molecule has 160 valence electrons. The lowest BCUT2D eigenvalue weighted by Crippen LogP contribution is -2.19. The van der Waals surface area contributed by atoms with Gasteiger partial charge in [-0.2, -0.15) is 4.99 Å². The van der Waals surface area contributed by atoms with Gasteiger partial charge in [0.25, 0.3) is 5.91 Å². The summed E-state index contributed by atoms with van der Waals surface area (Å²) in [6, 6.07) is 10.7. The molecule has 0 aliphatic heterocycles. The van der Waals surface area contributed by atoms with E-state index in [4.69, 9.17) is 4.74 Å². The molecule has 1 amide bonds. The Bertz CT molecular complexity index is 1230. The molecule has 9 heteroatoms. The van der Waals surface area contributed by atoms with Gasteiger partial charge in [0.05, 0.1) is 33.4 Å². The van der Waals surface area contributed by atoms with Gasteiger partial charge >= 0.3 is 0 Å². The Kier molecular flexibility index (Phi) is 6.84. The molecule has 1 heterocycles. The second-order valence-corrected chi connectivity index (χ2v) is 10.6. The van der Waals surface area contributed by atoms with Crippen LogP contribution in [-0.4, -0.2) is 37.9 Å². The van der Waals surface area contributed by atoms with E-state index in [2.05, 4.69) is 4.99 Å². The van der Waals surface area contributed by atoms with Crippen LogP contribution in [0.15, 0.2) is 52.4 Å². The number of hydrogen-bond donors (Lipinski definition) is 0. The second-order valence-electron chi connectivity index (χ2n) is 7.06. The smallest absolute Gasteiger partial charge is 0.252 e. The monoisotopic (exact) mass is 450 g/mol. The molecule has 0 bridgehead atoms. The number of methoxy groups -OCH3 is 1. The zero-order valence-corrected chi connectivity index (χ0v) is 18.6. The van der Waals surface area contributed by atoms with Gasteiger partial charge in [-0.05, 0) is 49.7 Å². The molecule has 0 radical (unpaired) electrons. The first-order valence-corrected chi connectivity index (χ1v) is 11.8. The number of nitrogens with zero attached hydrogens (tertiary/aromatic N) is 2. The number of amides is 1. The van der Waals surface area contributed by atoms with Crippen molar-refractivity contribution in [1.29, 1.82) is 0 Å². The van der Waals surface area contributed by atoms with E-state index in [1.54, 1.807) is 39.2 Å². The molecule has 0 N–H and O–H groups in total. The number of thiazole rings is 1. The first-order valence-electron chi connectivity index (χ1n) is 9.40. The summed E-state index contributed by atoms with van der Waals surface area (Å²) in [7, 11) is -1.77. The lowest BCUT2D eigenvalue weighted by atomic mass is 10.1. The molecule has 3 rings (SSSR count). The van der Waals surface area contributed by atoms with Crippen molar-refractivity contribution in [2.45, 2.75) is 37.0 Å². The maximum atomic E-state index is 13.6. The van der Waals surface area contributed by atoms with Crippen molar-refractivity contribution in [2.24, 2.45) is 4.99 Å². The number of carbonyl (C=O) groups is 1. The number of ether oxygens (including phenoxy) is 1. The molecule has 1 aromatic heterocycles. The van der Waals surface area contributed by atoms with E-state index in [1.807, 2.05) is 4.57 Å². The van der Waals surface area contributed by atoms with Crippen LogP contribution in [0.25, 0.3) is 10.2 Å². The fourth-order valence-electron chi connectivity index (χ4n) is 2.92. The highest BCUT2D eigenvalue weighted by Crippen LogP contribution is 2.19. The molecule has 0 spiro atoms. The Morgan fingerprint density at radius 1 is 1.20 bits per heavy atom. The van der Waals surface area contributed by atoms with Crippen LogP contribution >= 0.6 is 11.3 Å². The minimum Gasteiger partial charge on any atom is -0.383 e. The number of carbonyl (C=O) groups excluding carboxylic acids is 1. The largest absolute Gasteiger partial charge is 0.383 e. The molecule has 0 saturated carbocycles. The molecule has 6 nitrogen and oxygen atoms in total. The Labute approximate surface area is 178 Å². The summed E-state index contributed by atoms with van der Waals surface area (Å²) in [5.41, 5.74) is 1.45. The molecule has 30 heavy (non-hydrogen) atoms. The predicted octanol–water partition coefficient (Wildman–Crippen LogP) is 3.34. The predicted molar refractivity (Wildman–Crippen MR) is 115 cm³/mol. The Hall–Kier alpha value is -2.36. The van der Waals surface area contributed by atoms with E-state index in [0.717, 1.165) is 5.52 Å². The summed E-state index contributed by atoms with van der Waals surface area (Å²) in [5, 5.41) is -0.514. The van der Waals surface area contributed by atoms with E-state index in [1.165, 1.54) is 35.6 Å². The maximum Gasteiger partial charge on any atom is 0.252 e. The standard InChI is InChI=1S/C21H23FN2O4S2/c1-14(2)30(26,27)17-7-4-15(5-8-17)12-20(25)23-21-24(10-11-28-3)18-9-6-16(22)13-19(18)29-21/h4-9,13-14H,10-12H2,1-3H3. The molecule has 0 atom stereocenters. The third-order valence-electron chi connectivity index (χ3n) is 4.61. The number of benzene rings is 2. The van der Waals surface area contributed by atoms with Crippen molar-refractivity contribution in [1.82, 2.24) is 4.57 Å². The highest BCUT2D eigenvalue weighted by molar-refractivity contribution is 7.92. The maximum absolute atomic E-state index is 13.6. The van der Waals surface area contributed by atoms with E-state index in [9.17, 15) is 17.6 Å². The average Bonchev–Trinajstić information content (AvgIpc) is 3.02. The quantitative estimate of drug-likeness (QED) is 0.553. The normalized spacial score (nSPS) is 12.8. The minimum atomic E-state index is -3.36. The topological polar surface area (TPSA) is 77.7 Å². The molecular formula is C21H23FN2O4S2. The molecule has 0 aliphatic rings. The molecular weight excluding hydrogens is 427 g/mol. The highest BCUT2D eigenvalue weighted by atomic mass is 32.2. The first-order chi connectivity index (χ1) is 14.2. The van der Waals surface area contributed by atoms with Crippen LogP contribution in [0, 0.1) is 5.82 Å². The fourth-order valence-corrected chi connectivity index (χ4v) is 5.08. The summed E-state index contributed by atoms with van der Waals surface area (Å²) in [6.07, 6.45) is 0.0366. The summed E-state index contributed by atoms with van der Waals surface area (Å²) in [4.78, 5) is 17.5. The number of halogens is 1. The van der Waals surface area contributed by atoms with Crippen LogP contribution in [0.2, 0.25) is 0 Å². The molecule has 0 unspecified atom stereocenters. The van der Waals surface area contributed by atoms with Crippen molar-refractivity contribution in [3.63, 3.8) is 0 Å². The highest BCUT2D eigenvalue weighted by Gasteiger charge is 2.19. The minimum absolute atomic E-state index is 0.0366. The van der Waals surface area contributed by atoms with Crippen LogP contribution in [-0.2, 0) is 32.3 Å². The summed E-state index contributed by atoms with van der Waals surface area (Å²) >= 11 is 1.24. The molecule has 3 aromatic rings. The van der Waals surface area contributed by atoms with E-state index in [-0.39, 0.29) is 23.0 Å². The average molecular weight is 451 g/mol.